The first-order chi connectivity index (χ1) is 15.6. The maximum atomic E-state index is 13.3. The van der Waals surface area contributed by atoms with E-state index in [1.54, 1.807) is 12.1 Å². The Morgan fingerprint density at radius 3 is 2.45 bits per heavy atom. The van der Waals surface area contributed by atoms with Gasteiger partial charge in [0.1, 0.15) is 0 Å². The van der Waals surface area contributed by atoms with Gasteiger partial charge in [-0.3, -0.25) is 13.9 Å². The summed E-state index contributed by atoms with van der Waals surface area (Å²) >= 11 is 12.2. The van der Waals surface area contributed by atoms with Gasteiger partial charge < -0.3 is 11.1 Å². The van der Waals surface area contributed by atoms with Crippen LogP contribution in [-0.4, -0.2) is 50.2 Å². The zero-order valence-electron chi connectivity index (χ0n) is 18.2. The number of nitrogens with two attached hydrogens (primary N) is 1. The number of rotatable bonds is 5. The van der Waals surface area contributed by atoms with Crippen LogP contribution in [0.3, 0.4) is 0 Å². The quantitative estimate of drug-likeness (QED) is 0.628. The molecule has 0 spiro atoms. The van der Waals surface area contributed by atoms with Crippen LogP contribution in [0.4, 0.5) is 5.69 Å². The van der Waals surface area contributed by atoms with Gasteiger partial charge in [-0.2, -0.15) is 12.7 Å². The highest BCUT2D eigenvalue weighted by atomic mass is 35.5. The predicted octanol–water partition coefficient (Wildman–Crippen LogP) is 2.55. The molecule has 180 valence electrons. The zero-order valence-corrected chi connectivity index (χ0v) is 20.5. The molecule has 0 radical (unpaired) electrons. The van der Waals surface area contributed by atoms with E-state index in [0.29, 0.717) is 35.9 Å². The number of primary amides is 1. The summed E-state index contributed by atoms with van der Waals surface area (Å²) in [5.41, 5.74) is 5.68. The average molecular weight is 515 g/mol. The van der Waals surface area contributed by atoms with Crippen molar-refractivity contribution in [2.75, 3.05) is 23.9 Å². The Labute approximate surface area is 203 Å². The Morgan fingerprint density at radius 2 is 1.82 bits per heavy atom. The van der Waals surface area contributed by atoms with Gasteiger partial charge in [-0.1, -0.05) is 23.2 Å². The number of amides is 2. The fraction of sp³-hybridized carbons (Fsp3) is 0.636. The summed E-state index contributed by atoms with van der Waals surface area (Å²) in [6.07, 6.45) is 4.84. The molecule has 4 bridgehead atoms. The lowest BCUT2D eigenvalue weighted by Gasteiger charge is -2.58. The topological polar surface area (TPSA) is 113 Å². The smallest absolute Gasteiger partial charge is 0.304 e. The lowest BCUT2D eigenvalue weighted by molar-refractivity contribution is -0.147. The Morgan fingerprint density at radius 1 is 1.12 bits per heavy atom. The third-order valence-corrected chi connectivity index (χ3v) is 10.4. The predicted molar refractivity (Wildman–Crippen MR) is 126 cm³/mol. The summed E-state index contributed by atoms with van der Waals surface area (Å²) < 4.78 is 29.0. The van der Waals surface area contributed by atoms with Gasteiger partial charge in [0.25, 0.3) is 0 Å². The molecule has 1 aromatic rings. The summed E-state index contributed by atoms with van der Waals surface area (Å²) in [6, 6.07) is 4.64. The summed E-state index contributed by atoms with van der Waals surface area (Å²) in [5.74, 6) is 0.397. The highest BCUT2D eigenvalue weighted by Crippen LogP contribution is 2.59. The van der Waals surface area contributed by atoms with Crippen molar-refractivity contribution in [3.8, 4) is 0 Å². The van der Waals surface area contributed by atoms with Crippen LogP contribution >= 0.6 is 23.2 Å². The average Bonchev–Trinajstić information content (AvgIpc) is 2.72. The summed E-state index contributed by atoms with van der Waals surface area (Å²) in [5, 5.41) is 3.78. The second kappa shape index (κ2) is 8.29. The van der Waals surface area contributed by atoms with Crippen molar-refractivity contribution in [2.45, 2.75) is 44.6 Å². The van der Waals surface area contributed by atoms with E-state index in [1.807, 2.05) is 0 Å². The maximum absolute atomic E-state index is 13.3. The van der Waals surface area contributed by atoms with Gasteiger partial charge in [0.2, 0.25) is 11.8 Å². The molecule has 11 heteroatoms. The number of carbonyl (C=O) groups is 2. The molecule has 2 unspecified atom stereocenters. The second-order valence-electron chi connectivity index (χ2n) is 10.1. The van der Waals surface area contributed by atoms with Crippen molar-refractivity contribution in [3.63, 3.8) is 0 Å². The van der Waals surface area contributed by atoms with E-state index < -0.39 is 15.6 Å². The van der Waals surface area contributed by atoms with Crippen LogP contribution < -0.4 is 15.4 Å². The van der Waals surface area contributed by atoms with Crippen LogP contribution in [0.2, 0.25) is 10.0 Å². The first kappa shape index (κ1) is 23.2. The molecule has 4 saturated carbocycles. The largest absolute Gasteiger partial charge is 0.369 e. The summed E-state index contributed by atoms with van der Waals surface area (Å²) in [4.78, 5) is 25.1. The SMILES string of the molecule is NC(=O)C12CC3CC(C1)C(NC(=O)CN1CCCN(c4ccc(Cl)cc4Cl)S1(=O)=O)C(C3)C2. The molecule has 4 aliphatic carbocycles. The molecule has 3 N–H and O–H groups in total. The standard InChI is InChI=1S/C22H28Cl2N4O4S/c23-16-2-3-18(17(24)8-16)28-5-1-4-27(33(28,31)32)12-19(29)26-20-14-6-13-7-15(20)11-22(9-13,10-14)21(25)30/h2-3,8,13-15,20H,1,4-7,9-12H2,(H2,25,30)(H,26,29). The number of benzene rings is 1. The van der Waals surface area contributed by atoms with Gasteiger partial charge in [0.15, 0.2) is 0 Å². The number of anilines is 1. The van der Waals surface area contributed by atoms with E-state index >= 15 is 0 Å². The lowest BCUT2D eigenvalue weighted by Crippen LogP contribution is -2.63. The molecule has 8 nitrogen and oxygen atoms in total. The maximum Gasteiger partial charge on any atom is 0.304 e. The van der Waals surface area contributed by atoms with Crippen LogP contribution in [-0.2, 0) is 19.8 Å². The molecule has 1 aromatic carbocycles. The van der Waals surface area contributed by atoms with E-state index in [4.69, 9.17) is 28.9 Å². The molecule has 1 heterocycles. The second-order valence-corrected chi connectivity index (χ2v) is 12.8. The first-order valence-electron chi connectivity index (χ1n) is 11.4. The van der Waals surface area contributed by atoms with Crippen molar-refractivity contribution in [2.24, 2.45) is 28.9 Å². The van der Waals surface area contributed by atoms with Crippen LogP contribution in [0.1, 0.15) is 38.5 Å². The van der Waals surface area contributed by atoms with Crippen molar-refractivity contribution in [3.05, 3.63) is 28.2 Å². The van der Waals surface area contributed by atoms with E-state index in [2.05, 4.69) is 5.32 Å². The minimum absolute atomic E-state index is 0.0316. The lowest BCUT2D eigenvalue weighted by atomic mass is 9.47. The van der Waals surface area contributed by atoms with E-state index in [9.17, 15) is 18.0 Å². The van der Waals surface area contributed by atoms with E-state index in [-0.39, 0.29) is 54.3 Å². The number of hydrogen-bond donors (Lipinski definition) is 2. The Bertz CT molecular complexity index is 1080. The van der Waals surface area contributed by atoms with Gasteiger partial charge >= 0.3 is 10.2 Å². The van der Waals surface area contributed by atoms with Crippen LogP contribution in [0, 0.1) is 23.2 Å². The zero-order chi connectivity index (χ0) is 23.5. The summed E-state index contributed by atoms with van der Waals surface area (Å²) in [7, 11) is -3.91. The normalized spacial score (nSPS) is 34.9. The molecular weight excluding hydrogens is 487 g/mol. The molecular formula is C22H28Cl2N4O4S. The van der Waals surface area contributed by atoms with Crippen molar-refractivity contribution in [1.82, 2.24) is 9.62 Å². The van der Waals surface area contributed by atoms with Crippen molar-refractivity contribution >= 4 is 50.9 Å². The van der Waals surface area contributed by atoms with Gasteiger partial charge in [-0.25, -0.2) is 0 Å². The molecule has 5 aliphatic rings. The number of halogens is 2. The molecule has 33 heavy (non-hydrogen) atoms. The third kappa shape index (κ3) is 4.00. The molecule has 1 saturated heterocycles. The van der Waals surface area contributed by atoms with Crippen molar-refractivity contribution < 1.29 is 18.0 Å². The van der Waals surface area contributed by atoms with Crippen molar-refractivity contribution in [1.29, 1.82) is 0 Å². The van der Waals surface area contributed by atoms with Gasteiger partial charge in [-0.05, 0) is 74.5 Å². The Hall–Kier alpha value is -1.55. The number of nitrogens with zero attached hydrogens (tertiary/aromatic N) is 2. The fourth-order valence-corrected chi connectivity index (χ4v) is 9.05. The fourth-order valence-electron chi connectivity index (χ4n) is 6.80. The highest BCUT2D eigenvalue weighted by molar-refractivity contribution is 7.90. The van der Waals surface area contributed by atoms with E-state index in [1.165, 1.54) is 14.7 Å². The summed E-state index contributed by atoms with van der Waals surface area (Å²) in [6.45, 7) is 0.303. The number of carbonyl (C=O) groups excluding carboxylic acids is 2. The van der Waals surface area contributed by atoms with Gasteiger partial charge in [0, 0.05) is 29.6 Å². The van der Waals surface area contributed by atoms with Crippen LogP contribution in [0.15, 0.2) is 18.2 Å². The van der Waals surface area contributed by atoms with Crippen LogP contribution in [0.25, 0.3) is 0 Å². The van der Waals surface area contributed by atoms with Crippen LogP contribution in [0.5, 0.6) is 0 Å². The van der Waals surface area contributed by atoms with Gasteiger partial charge in [-0.15, -0.1) is 0 Å². The third-order valence-electron chi connectivity index (χ3n) is 8.00. The minimum Gasteiger partial charge on any atom is -0.369 e. The Balaban J connectivity index is 1.28. The van der Waals surface area contributed by atoms with E-state index in [0.717, 1.165) is 19.3 Å². The highest BCUT2D eigenvalue weighted by Gasteiger charge is 2.58. The number of hydrogen-bond acceptors (Lipinski definition) is 4. The molecule has 0 aromatic heterocycles. The number of nitrogens with one attached hydrogen (secondary N) is 1. The molecule has 2 atom stereocenters. The first-order valence-corrected chi connectivity index (χ1v) is 13.6. The monoisotopic (exact) mass is 514 g/mol. The molecule has 2 amide bonds. The van der Waals surface area contributed by atoms with Gasteiger partial charge in [0.05, 0.1) is 17.3 Å². The minimum atomic E-state index is -3.91. The Kier molecular flexibility index (Phi) is 5.83. The molecule has 5 fully saturated rings. The molecule has 6 rings (SSSR count). The molecule has 1 aliphatic heterocycles.